The minimum Gasteiger partial charge on any atom is -0.748 e. The maximum Gasteiger partial charge on any atom is 1.00 e. The van der Waals surface area contributed by atoms with Crippen LogP contribution in [0.5, 0.6) is 0 Å². The summed E-state index contributed by atoms with van der Waals surface area (Å²) in [5.41, 5.74) is -0.448. The number of esters is 1. The fourth-order valence-corrected chi connectivity index (χ4v) is 1.80. The van der Waals surface area contributed by atoms with Gasteiger partial charge in [-0.25, -0.2) is 8.42 Å². The first-order valence-electron chi connectivity index (χ1n) is 6.30. The molecule has 108 valence electrons. The normalized spacial score (nSPS) is 11.8. The van der Waals surface area contributed by atoms with Crippen molar-refractivity contribution in [1.82, 2.24) is 0 Å². The molecule has 0 aromatic rings. The van der Waals surface area contributed by atoms with Gasteiger partial charge in [0.25, 0.3) is 0 Å². The molecule has 0 saturated carbocycles. The van der Waals surface area contributed by atoms with E-state index in [2.05, 4.69) is 0 Å². The number of ether oxygens (including phenoxy) is 1. The summed E-state index contributed by atoms with van der Waals surface area (Å²) in [6, 6.07) is 0. The molecule has 0 unspecified atom stereocenters. The molecule has 0 aliphatic carbocycles. The predicted octanol–water partition coefficient (Wildman–Crippen LogP) is -0.925. The van der Waals surface area contributed by atoms with E-state index in [1.165, 1.54) is 0 Å². The topological polar surface area (TPSA) is 83.5 Å². The van der Waals surface area contributed by atoms with Crippen LogP contribution in [0.25, 0.3) is 0 Å². The van der Waals surface area contributed by atoms with Gasteiger partial charge in [-0.05, 0) is 33.1 Å². The second-order valence-corrected chi connectivity index (χ2v) is 6.57. The molecule has 0 bridgehead atoms. The molecule has 0 saturated heterocycles. The van der Waals surface area contributed by atoms with Gasteiger partial charge in [0.05, 0.1) is 22.1 Å². The van der Waals surface area contributed by atoms with Crippen molar-refractivity contribution in [2.75, 3.05) is 12.4 Å². The summed E-state index contributed by atoms with van der Waals surface area (Å²) < 4.78 is 36.1. The summed E-state index contributed by atoms with van der Waals surface area (Å²) in [5.74, 6) is -0.512. The van der Waals surface area contributed by atoms with Crippen molar-refractivity contribution >= 4 is 16.1 Å². The molecule has 0 heterocycles. The summed E-state index contributed by atoms with van der Waals surface area (Å²) in [7, 11) is -4.09. The first-order chi connectivity index (χ1) is 8.19. The Bertz CT molecular complexity index is 351. The summed E-state index contributed by atoms with van der Waals surface area (Å²) in [4.78, 5) is 11.6. The molecular formula is C12H23NaO5S. The number of hydrogen-bond acceptors (Lipinski definition) is 5. The van der Waals surface area contributed by atoms with Crippen molar-refractivity contribution in [3.63, 3.8) is 0 Å². The van der Waals surface area contributed by atoms with Crippen LogP contribution >= 0.6 is 0 Å². The Morgan fingerprint density at radius 2 is 1.68 bits per heavy atom. The van der Waals surface area contributed by atoms with Crippen LogP contribution in [-0.2, 0) is 19.6 Å². The molecule has 0 aliphatic rings. The van der Waals surface area contributed by atoms with Gasteiger partial charge in [0.2, 0.25) is 0 Å². The molecule has 0 aromatic heterocycles. The van der Waals surface area contributed by atoms with Gasteiger partial charge in [0, 0.05) is 5.75 Å². The quantitative estimate of drug-likeness (QED) is 0.238. The van der Waals surface area contributed by atoms with Crippen molar-refractivity contribution in [1.29, 1.82) is 0 Å². The SMILES string of the molecule is CCC(C)(C)C(=O)OCCCCCCS(=O)(=O)[O-].[Na+]. The summed E-state index contributed by atoms with van der Waals surface area (Å²) in [6.45, 7) is 5.97. The predicted molar refractivity (Wildman–Crippen MR) is 68.1 cm³/mol. The second kappa shape index (κ2) is 10.2. The Balaban J connectivity index is 0. The van der Waals surface area contributed by atoms with E-state index in [1.807, 2.05) is 20.8 Å². The zero-order valence-electron chi connectivity index (χ0n) is 12.4. The van der Waals surface area contributed by atoms with Crippen LogP contribution < -0.4 is 29.6 Å². The summed E-state index contributed by atoms with van der Waals surface area (Å²) >= 11 is 0. The van der Waals surface area contributed by atoms with E-state index in [0.29, 0.717) is 25.9 Å². The van der Waals surface area contributed by atoms with E-state index in [4.69, 9.17) is 4.74 Å². The smallest absolute Gasteiger partial charge is 0.748 e. The Labute approximate surface area is 138 Å². The first kappa shape index (κ1) is 21.7. The molecule has 0 spiro atoms. The minimum absolute atomic E-state index is 0. The number of carbonyl (C=O) groups excluding carboxylic acids is 1. The Morgan fingerprint density at radius 3 is 2.16 bits per heavy atom. The van der Waals surface area contributed by atoms with Gasteiger partial charge in [0.15, 0.2) is 0 Å². The van der Waals surface area contributed by atoms with Crippen molar-refractivity contribution in [3.8, 4) is 0 Å². The fourth-order valence-electron chi connectivity index (χ4n) is 1.24. The van der Waals surface area contributed by atoms with Gasteiger partial charge < -0.3 is 9.29 Å². The third-order valence-corrected chi connectivity index (χ3v) is 3.75. The molecule has 0 atom stereocenters. The van der Waals surface area contributed by atoms with E-state index in [-0.39, 0.29) is 41.3 Å². The molecule has 19 heavy (non-hydrogen) atoms. The maximum absolute atomic E-state index is 11.6. The van der Waals surface area contributed by atoms with E-state index < -0.39 is 15.5 Å². The van der Waals surface area contributed by atoms with Crippen LogP contribution in [0.4, 0.5) is 0 Å². The van der Waals surface area contributed by atoms with Crippen molar-refractivity contribution in [2.24, 2.45) is 5.41 Å². The van der Waals surface area contributed by atoms with E-state index in [0.717, 1.165) is 12.8 Å². The van der Waals surface area contributed by atoms with Gasteiger partial charge in [-0.15, -0.1) is 0 Å². The molecule has 0 aromatic carbocycles. The van der Waals surface area contributed by atoms with Crippen molar-refractivity contribution < 1.29 is 52.1 Å². The number of unbranched alkanes of at least 4 members (excludes halogenated alkanes) is 3. The van der Waals surface area contributed by atoms with E-state index in [9.17, 15) is 17.8 Å². The van der Waals surface area contributed by atoms with Crippen LogP contribution in [0, 0.1) is 5.41 Å². The average Bonchev–Trinajstić information content (AvgIpc) is 2.25. The molecule has 0 radical (unpaired) electrons. The molecule has 0 N–H and O–H groups in total. The van der Waals surface area contributed by atoms with Gasteiger partial charge in [-0.2, -0.15) is 0 Å². The molecule has 0 amide bonds. The average molecular weight is 302 g/mol. The molecule has 0 aliphatic heterocycles. The van der Waals surface area contributed by atoms with Crippen LogP contribution in [-0.4, -0.2) is 31.3 Å². The van der Waals surface area contributed by atoms with Crippen molar-refractivity contribution in [3.05, 3.63) is 0 Å². The summed E-state index contributed by atoms with van der Waals surface area (Å²) in [5, 5.41) is 0. The molecule has 0 rings (SSSR count). The molecule has 7 heteroatoms. The number of rotatable bonds is 9. The molecular weight excluding hydrogens is 279 g/mol. The van der Waals surface area contributed by atoms with Crippen LogP contribution in [0.15, 0.2) is 0 Å². The number of hydrogen-bond donors (Lipinski definition) is 0. The Morgan fingerprint density at radius 1 is 1.16 bits per heavy atom. The third kappa shape index (κ3) is 11.9. The fraction of sp³-hybridized carbons (Fsp3) is 0.917. The second-order valence-electron chi connectivity index (χ2n) is 5.05. The van der Waals surface area contributed by atoms with E-state index >= 15 is 0 Å². The Kier molecular flexibility index (Phi) is 11.6. The largest absolute Gasteiger partial charge is 1.00 e. The van der Waals surface area contributed by atoms with Gasteiger partial charge >= 0.3 is 35.5 Å². The van der Waals surface area contributed by atoms with Crippen LogP contribution in [0.2, 0.25) is 0 Å². The standard InChI is InChI=1S/C12H24O5S.Na/c1-4-12(2,3)11(13)17-9-7-5-6-8-10-18(14,15)16;/h4-10H2,1-3H3,(H,14,15,16);/q;+1/p-1. The van der Waals surface area contributed by atoms with Gasteiger partial charge in [-0.3, -0.25) is 4.79 Å². The molecule has 0 fully saturated rings. The zero-order chi connectivity index (χ0) is 14.2. The Hall–Kier alpha value is 0.380. The number of carbonyl (C=O) groups is 1. The maximum atomic E-state index is 11.6. The van der Waals surface area contributed by atoms with Crippen LogP contribution in [0.3, 0.4) is 0 Å². The monoisotopic (exact) mass is 302 g/mol. The zero-order valence-corrected chi connectivity index (χ0v) is 15.2. The van der Waals surface area contributed by atoms with Gasteiger partial charge in [-0.1, -0.05) is 19.8 Å². The molecule has 5 nitrogen and oxygen atoms in total. The van der Waals surface area contributed by atoms with Gasteiger partial charge in [0.1, 0.15) is 0 Å². The van der Waals surface area contributed by atoms with E-state index in [1.54, 1.807) is 0 Å². The minimum atomic E-state index is -4.09. The summed E-state index contributed by atoms with van der Waals surface area (Å²) in [6.07, 6.45) is 3.23. The van der Waals surface area contributed by atoms with Crippen molar-refractivity contribution in [2.45, 2.75) is 52.9 Å². The first-order valence-corrected chi connectivity index (χ1v) is 7.87. The third-order valence-electron chi connectivity index (χ3n) is 2.96. The van der Waals surface area contributed by atoms with Crippen LogP contribution in [0.1, 0.15) is 52.9 Å².